The van der Waals surface area contributed by atoms with Crippen LogP contribution in [0, 0.1) is 0 Å². The monoisotopic (exact) mass is 390 g/mol. The molecule has 2 rings (SSSR count). The summed E-state index contributed by atoms with van der Waals surface area (Å²) in [6.07, 6.45) is 1.44. The summed E-state index contributed by atoms with van der Waals surface area (Å²) < 4.78 is 10.4. The number of carbonyl (C=O) groups excluding carboxylic acids is 2. The van der Waals surface area contributed by atoms with Crippen molar-refractivity contribution in [1.29, 1.82) is 0 Å². The quantitative estimate of drug-likeness (QED) is 0.533. The average Bonchev–Trinajstić information content (AvgIpc) is 2.67. The molecule has 2 N–H and O–H groups in total. The summed E-state index contributed by atoms with van der Waals surface area (Å²) >= 11 is 5.73. The second-order valence-electron chi connectivity index (χ2n) is 5.43. The van der Waals surface area contributed by atoms with Gasteiger partial charge in [-0.05, 0) is 43.3 Å². The zero-order valence-corrected chi connectivity index (χ0v) is 15.6. The number of aromatic nitrogens is 1. The first-order chi connectivity index (χ1) is 13.0. The topological polar surface area (TPSA) is 102 Å². The van der Waals surface area contributed by atoms with E-state index in [0.29, 0.717) is 28.1 Å². The van der Waals surface area contributed by atoms with Gasteiger partial charge in [-0.1, -0.05) is 11.6 Å². The van der Waals surface area contributed by atoms with Gasteiger partial charge in [0.15, 0.2) is 6.61 Å². The lowest BCUT2D eigenvalue weighted by Crippen LogP contribution is -2.26. The minimum atomic E-state index is -0.440. The molecule has 9 heteroatoms. The third-order valence-electron chi connectivity index (χ3n) is 3.21. The van der Waals surface area contributed by atoms with Gasteiger partial charge >= 0.3 is 0 Å². The van der Waals surface area contributed by atoms with Gasteiger partial charge in [0.2, 0.25) is 5.91 Å². The highest BCUT2D eigenvalue weighted by Crippen LogP contribution is 2.16. The summed E-state index contributed by atoms with van der Waals surface area (Å²) in [6.45, 7) is 1.42. The standard InChI is InChI=1S/C18H19ClN4O4/c1-12(9-17(24)21-16-8-3-13(19)10-20-16)22-23-18(25)11-27-15-6-4-14(26-2)5-7-15/h3-8,10H,9,11H2,1-2H3,(H,23,25)(H,20,21,24). The van der Waals surface area contributed by atoms with E-state index >= 15 is 0 Å². The van der Waals surface area contributed by atoms with Crippen LogP contribution in [-0.2, 0) is 9.59 Å². The van der Waals surface area contributed by atoms with Crippen LogP contribution in [0.15, 0.2) is 47.7 Å². The fraction of sp³-hybridized carbons (Fsp3) is 0.222. The minimum Gasteiger partial charge on any atom is -0.497 e. The van der Waals surface area contributed by atoms with Crippen LogP contribution in [0.4, 0.5) is 5.82 Å². The summed E-state index contributed by atoms with van der Waals surface area (Å²) in [4.78, 5) is 27.6. The van der Waals surface area contributed by atoms with Gasteiger partial charge in [0.05, 0.1) is 18.6 Å². The van der Waals surface area contributed by atoms with Gasteiger partial charge in [0.1, 0.15) is 17.3 Å². The van der Waals surface area contributed by atoms with Crippen molar-refractivity contribution in [2.45, 2.75) is 13.3 Å². The van der Waals surface area contributed by atoms with Crippen molar-refractivity contribution >= 4 is 34.9 Å². The lowest BCUT2D eigenvalue weighted by atomic mass is 10.3. The Morgan fingerprint density at radius 1 is 1.11 bits per heavy atom. The first-order valence-electron chi connectivity index (χ1n) is 7.96. The van der Waals surface area contributed by atoms with Gasteiger partial charge in [0, 0.05) is 11.9 Å². The van der Waals surface area contributed by atoms with E-state index in [9.17, 15) is 9.59 Å². The molecule has 0 radical (unpaired) electrons. The molecule has 142 valence electrons. The van der Waals surface area contributed by atoms with Crippen molar-refractivity contribution in [2.75, 3.05) is 19.0 Å². The number of nitrogens with one attached hydrogen (secondary N) is 2. The number of anilines is 1. The molecule has 0 fully saturated rings. The number of halogens is 1. The Labute approximate surface area is 161 Å². The number of benzene rings is 1. The molecule has 0 atom stereocenters. The predicted molar refractivity (Wildman–Crippen MR) is 102 cm³/mol. The second-order valence-corrected chi connectivity index (χ2v) is 5.87. The van der Waals surface area contributed by atoms with Crippen molar-refractivity contribution in [2.24, 2.45) is 5.10 Å². The molecule has 27 heavy (non-hydrogen) atoms. The number of hydrogen-bond acceptors (Lipinski definition) is 6. The van der Waals surface area contributed by atoms with E-state index in [2.05, 4.69) is 20.8 Å². The summed E-state index contributed by atoms with van der Waals surface area (Å²) in [6, 6.07) is 10.0. The summed E-state index contributed by atoms with van der Waals surface area (Å²) in [5.74, 6) is 0.856. The van der Waals surface area contributed by atoms with Crippen LogP contribution < -0.4 is 20.2 Å². The van der Waals surface area contributed by atoms with Crippen LogP contribution in [0.1, 0.15) is 13.3 Å². The van der Waals surface area contributed by atoms with E-state index < -0.39 is 5.91 Å². The van der Waals surface area contributed by atoms with Crippen molar-refractivity contribution in [3.63, 3.8) is 0 Å². The van der Waals surface area contributed by atoms with E-state index in [-0.39, 0.29) is 18.9 Å². The summed E-state index contributed by atoms with van der Waals surface area (Å²) in [7, 11) is 1.57. The minimum absolute atomic E-state index is 0.00389. The van der Waals surface area contributed by atoms with E-state index in [4.69, 9.17) is 21.1 Å². The summed E-state index contributed by atoms with van der Waals surface area (Å²) in [5, 5.41) is 6.96. The van der Waals surface area contributed by atoms with Crippen molar-refractivity contribution in [3.05, 3.63) is 47.6 Å². The van der Waals surface area contributed by atoms with Crippen LogP contribution in [-0.4, -0.2) is 36.2 Å². The molecule has 1 aromatic heterocycles. The maximum absolute atomic E-state index is 11.9. The van der Waals surface area contributed by atoms with E-state index in [1.165, 1.54) is 6.20 Å². The molecule has 0 aliphatic heterocycles. The van der Waals surface area contributed by atoms with Crippen LogP contribution in [0.2, 0.25) is 5.02 Å². The number of nitrogens with zero attached hydrogens (tertiary/aromatic N) is 2. The smallest absolute Gasteiger partial charge is 0.277 e. The first-order valence-corrected chi connectivity index (χ1v) is 8.34. The molecule has 0 saturated heterocycles. The molecule has 0 bridgehead atoms. The van der Waals surface area contributed by atoms with Crippen LogP contribution in [0.3, 0.4) is 0 Å². The maximum atomic E-state index is 11.9. The Morgan fingerprint density at radius 2 is 1.81 bits per heavy atom. The molecular weight excluding hydrogens is 372 g/mol. The normalized spacial score (nSPS) is 10.9. The number of pyridine rings is 1. The summed E-state index contributed by atoms with van der Waals surface area (Å²) in [5.41, 5.74) is 2.77. The van der Waals surface area contributed by atoms with Crippen LogP contribution in [0.5, 0.6) is 11.5 Å². The van der Waals surface area contributed by atoms with Gasteiger partial charge in [-0.15, -0.1) is 0 Å². The Bertz CT molecular complexity index is 807. The number of amides is 2. The molecular formula is C18H19ClN4O4. The Morgan fingerprint density at radius 3 is 2.44 bits per heavy atom. The van der Waals surface area contributed by atoms with E-state index in [1.54, 1.807) is 50.4 Å². The molecule has 2 amide bonds. The van der Waals surface area contributed by atoms with Crippen LogP contribution in [0.25, 0.3) is 0 Å². The highest BCUT2D eigenvalue weighted by molar-refractivity contribution is 6.30. The number of ether oxygens (including phenoxy) is 2. The van der Waals surface area contributed by atoms with E-state index in [0.717, 1.165) is 0 Å². The zero-order chi connectivity index (χ0) is 19.6. The van der Waals surface area contributed by atoms with Gasteiger partial charge in [-0.25, -0.2) is 10.4 Å². The van der Waals surface area contributed by atoms with Gasteiger partial charge in [-0.2, -0.15) is 5.10 Å². The molecule has 0 unspecified atom stereocenters. The maximum Gasteiger partial charge on any atom is 0.277 e. The number of hydrazone groups is 1. The molecule has 0 spiro atoms. The Hall–Kier alpha value is -3.13. The molecule has 0 aliphatic rings. The predicted octanol–water partition coefficient (Wildman–Crippen LogP) is 2.64. The molecule has 1 heterocycles. The highest BCUT2D eigenvalue weighted by Gasteiger charge is 2.07. The molecule has 2 aromatic rings. The van der Waals surface area contributed by atoms with Gasteiger partial charge in [0.25, 0.3) is 5.91 Å². The third-order valence-corrected chi connectivity index (χ3v) is 3.44. The average molecular weight is 391 g/mol. The lowest BCUT2D eigenvalue weighted by Gasteiger charge is -2.07. The van der Waals surface area contributed by atoms with E-state index in [1.807, 2.05) is 0 Å². The van der Waals surface area contributed by atoms with Gasteiger partial charge < -0.3 is 14.8 Å². The Balaban J connectivity index is 1.73. The van der Waals surface area contributed by atoms with Crippen molar-refractivity contribution in [3.8, 4) is 11.5 Å². The molecule has 0 aliphatic carbocycles. The van der Waals surface area contributed by atoms with Crippen LogP contribution >= 0.6 is 11.6 Å². The fourth-order valence-electron chi connectivity index (χ4n) is 1.92. The Kier molecular flexibility index (Phi) is 7.57. The number of methoxy groups -OCH3 is 1. The molecule has 1 aromatic carbocycles. The first kappa shape index (κ1) is 20.2. The SMILES string of the molecule is COc1ccc(OCC(=O)NN=C(C)CC(=O)Nc2ccc(Cl)cn2)cc1. The fourth-order valence-corrected chi connectivity index (χ4v) is 2.03. The molecule has 0 saturated carbocycles. The van der Waals surface area contributed by atoms with Crippen molar-refractivity contribution in [1.82, 2.24) is 10.4 Å². The zero-order valence-electron chi connectivity index (χ0n) is 14.9. The second kappa shape index (κ2) is 10.1. The lowest BCUT2D eigenvalue weighted by molar-refractivity contribution is -0.123. The highest BCUT2D eigenvalue weighted by atomic mass is 35.5. The number of hydrogen-bond donors (Lipinski definition) is 2. The van der Waals surface area contributed by atoms with Gasteiger partial charge in [-0.3, -0.25) is 9.59 Å². The largest absolute Gasteiger partial charge is 0.497 e. The third kappa shape index (κ3) is 7.33. The van der Waals surface area contributed by atoms with Crippen molar-refractivity contribution < 1.29 is 19.1 Å². The number of rotatable bonds is 8. The molecule has 8 nitrogen and oxygen atoms in total. The number of carbonyl (C=O) groups is 2.